The van der Waals surface area contributed by atoms with Gasteiger partial charge in [0.05, 0.1) is 7.11 Å². The maximum atomic E-state index is 9.16. The van der Waals surface area contributed by atoms with Crippen LogP contribution in [-0.4, -0.2) is 18.8 Å². The van der Waals surface area contributed by atoms with Gasteiger partial charge in [-0.05, 0) is 54.9 Å². The molecule has 0 heterocycles. The number of rotatable bonds is 3. The van der Waals surface area contributed by atoms with Gasteiger partial charge >= 0.3 is 0 Å². The Labute approximate surface area is 97.3 Å². The van der Waals surface area contributed by atoms with E-state index >= 15 is 0 Å². The zero-order chi connectivity index (χ0) is 11.4. The van der Waals surface area contributed by atoms with Gasteiger partial charge in [-0.1, -0.05) is 12.5 Å². The lowest BCUT2D eigenvalue weighted by Crippen LogP contribution is -2.04. The van der Waals surface area contributed by atoms with Gasteiger partial charge in [0.25, 0.3) is 0 Å². The van der Waals surface area contributed by atoms with Gasteiger partial charge in [0.15, 0.2) is 0 Å². The molecule has 0 radical (unpaired) electrons. The molecule has 1 aromatic rings. The van der Waals surface area contributed by atoms with E-state index in [1.807, 2.05) is 0 Å². The Morgan fingerprint density at radius 3 is 2.75 bits per heavy atom. The lowest BCUT2D eigenvalue weighted by molar-refractivity contribution is 0.296. The zero-order valence-corrected chi connectivity index (χ0v) is 9.96. The maximum Gasteiger partial charge on any atom is 0.122 e. The molecule has 2 nitrogen and oxygen atoms in total. The third-order valence-corrected chi connectivity index (χ3v) is 3.44. The first-order chi connectivity index (χ1) is 7.86. The number of benzene rings is 1. The summed E-state index contributed by atoms with van der Waals surface area (Å²) in [6.07, 6.45) is 6.90. The maximum absolute atomic E-state index is 9.16. The average molecular weight is 220 g/mol. The number of aliphatic hydroxyl groups is 1. The van der Waals surface area contributed by atoms with Crippen molar-refractivity contribution in [2.45, 2.75) is 38.5 Å². The highest BCUT2D eigenvalue weighted by Crippen LogP contribution is 2.30. The fourth-order valence-electron chi connectivity index (χ4n) is 2.64. The number of aliphatic hydroxyl groups excluding tert-OH is 1. The summed E-state index contributed by atoms with van der Waals surface area (Å²) in [5.74, 6) is 0.940. The van der Waals surface area contributed by atoms with Gasteiger partial charge in [-0.2, -0.15) is 0 Å². The number of aryl methyl sites for hydroxylation is 1. The Balaban J connectivity index is 2.43. The van der Waals surface area contributed by atoms with Gasteiger partial charge in [-0.3, -0.25) is 0 Å². The number of methoxy groups -OCH3 is 1. The molecule has 1 aliphatic carbocycles. The second-order valence-electron chi connectivity index (χ2n) is 4.42. The van der Waals surface area contributed by atoms with Crippen molar-refractivity contribution < 1.29 is 9.84 Å². The highest BCUT2D eigenvalue weighted by atomic mass is 16.5. The van der Waals surface area contributed by atoms with Crippen LogP contribution >= 0.6 is 0 Å². The lowest BCUT2D eigenvalue weighted by atomic mass is 9.94. The Morgan fingerprint density at radius 2 is 2.00 bits per heavy atom. The minimum absolute atomic E-state index is 0.201. The van der Waals surface area contributed by atoms with Gasteiger partial charge in [-0.25, -0.2) is 0 Å². The van der Waals surface area contributed by atoms with Gasteiger partial charge in [0.2, 0.25) is 0 Å². The third-order valence-electron chi connectivity index (χ3n) is 3.44. The molecule has 1 N–H and O–H groups in total. The van der Waals surface area contributed by atoms with E-state index < -0.39 is 0 Å². The number of hydrogen-bond donors (Lipinski definition) is 1. The van der Waals surface area contributed by atoms with E-state index in [1.54, 1.807) is 7.11 Å². The summed E-state index contributed by atoms with van der Waals surface area (Å²) in [6, 6.07) is 4.25. The molecule has 0 saturated carbocycles. The molecule has 0 fully saturated rings. The fourth-order valence-corrected chi connectivity index (χ4v) is 2.64. The summed E-state index contributed by atoms with van der Waals surface area (Å²) in [5, 5.41) is 9.16. The quantitative estimate of drug-likeness (QED) is 0.793. The van der Waals surface area contributed by atoms with Crippen molar-refractivity contribution in [1.29, 1.82) is 0 Å². The Bertz CT molecular complexity index is 358. The van der Waals surface area contributed by atoms with Crippen LogP contribution in [0, 0.1) is 0 Å². The molecule has 88 valence electrons. The molecule has 0 saturated heterocycles. The van der Waals surface area contributed by atoms with Crippen molar-refractivity contribution >= 4 is 0 Å². The molecule has 0 atom stereocenters. The van der Waals surface area contributed by atoms with E-state index in [0.29, 0.717) is 6.42 Å². The largest absolute Gasteiger partial charge is 0.496 e. The summed E-state index contributed by atoms with van der Waals surface area (Å²) >= 11 is 0. The minimum Gasteiger partial charge on any atom is -0.496 e. The van der Waals surface area contributed by atoms with Crippen molar-refractivity contribution in [3.63, 3.8) is 0 Å². The summed E-state index contributed by atoms with van der Waals surface area (Å²) in [6.45, 7) is 0.201. The first-order valence-corrected chi connectivity index (χ1v) is 6.15. The smallest absolute Gasteiger partial charge is 0.122 e. The van der Waals surface area contributed by atoms with Gasteiger partial charge in [-0.15, -0.1) is 0 Å². The monoisotopic (exact) mass is 220 g/mol. The van der Waals surface area contributed by atoms with Gasteiger partial charge < -0.3 is 9.84 Å². The molecule has 0 aliphatic heterocycles. The Hall–Kier alpha value is -1.02. The van der Waals surface area contributed by atoms with Crippen LogP contribution in [0.5, 0.6) is 5.75 Å². The highest BCUT2D eigenvalue weighted by molar-refractivity contribution is 5.46. The van der Waals surface area contributed by atoms with E-state index in [0.717, 1.165) is 12.2 Å². The number of ether oxygens (including phenoxy) is 1. The second-order valence-corrected chi connectivity index (χ2v) is 4.42. The molecule has 0 amide bonds. The molecule has 16 heavy (non-hydrogen) atoms. The SMILES string of the molecule is COc1ccc2c(c1CCO)CCCCC2. The average Bonchev–Trinajstić information content (AvgIpc) is 2.55. The van der Waals surface area contributed by atoms with Crippen LogP contribution in [0.25, 0.3) is 0 Å². The Kier molecular flexibility index (Phi) is 3.83. The molecule has 0 bridgehead atoms. The van der Waals surface area contributed by atoms with Gasteiger partial charge in [0.1, 0.15) is 5.75 Å². The molecule has 0 spiro atoms. The molecule has 0 unspecified atom stereocenters. The topological polar surface area (TPSA) is 29.5 Å². The molecule has 1 aliphatic rings. The van der Waals surface area contributed by atoms with E-state index in [9.17, 15) is 0 Å². The van der Waals surface area contributed by atoms with E-state index in [-0.39, 0.29) is 6.61 Å². The molecule has 2 heteroatoms. The van der Waals surface area contributed by atoms with Gasteiger partial charge in [0, 0.05) is 6.61 Å². The van der Waals surface area contributed by atoms with Crippen LogP contribution in [0.4, 0.5) is 0 Å². The van der Waals surface area contributed by atoms with E-state index in [4.69, 9.17) is 9.84 Å². The number of hydrogen-bond acceptors (Lipinski definition) is 2. The zero-order valence-electron chi connectivity index (χ0n) is 9.96. The van der Waals surface area contributed by atoms with Crippen molar-refractivity contribution in [3.05, 3.63) is 28.8 Å². The standard InChI is InChI=1S/C14H20O2/c1-16-14-8-7-11-5-3-2-4-6-12(11)13(14)9-10-15/h7-8,15H,2-6,9-10H2,1H3. The second kappa shape index (κ2) is 5.35. The van der Waals surface area contributed by atoms with Crippen molar-refractivity contribution in [2.24, 2.45) is 0 Å². The summed E-state index contributed by atoms with van der Waals surface area (Å²) in [7, 11) is 1.71. The summed E-state index contributed by atoms with van der Waals surface area (Å²) < 4.78 is 5.39. The number of fused-ring (bicyclic) bond motifs is 1. The van der Waals surface area contributed by atoms with Crippen molar-refractivity contribution in [1.82, 2.24) is 0 Å². The van der Waals surface area contributed by atoms with Crippen LogP contribution in [0.1, 0.15) is 36.0 Å². The predicted octanol–water partition coefficient (Wildman–Crippen LogP) is 2.50. The van der Waals surface area contributed by atoms with Crippen molar-refractivity contribution in [3.8, 4) is 5.75 Å². The van der Waals surface area contributed by atoms with Crippen LogP contribution in [0.3, 0.4) is 0 Å². The molecular weight excluding hydrogens is 200 g/mol. The first-order valence-electron chi connectivity index (χ1n) is 6.15. The van der Waals surface area contributed by atoms with Crippen LogP contribution < -0.4 is 4.74 Å². The van der Waals surface area contributed by atoms with Crippen molar-refractivity contribution in [2.75, 3.05) is 13.7 Å². The third kappa shape index (κ3) is 2.22. The lowest BCUT2D eigenvalue weighted by Gasteiger charge is -2.15. The van der Waals surface area contributed by atoms with E-state index in [1.165, 1.54) is 42.4 Å². The molecule has 0 aromatic heterocycles. The summed E-state index contributed by atoms with van der Waals surface area (Å²) in [5.41, 5.74) is 4.12. The first kappa shape index (κ1) is 11.5. The molecule has 2 rings (SSSR count). The Morgan fingerprint density at radius 1 is 1.19 bits per heavy atom. The van der Waals surface area contributed by atoms with Crippen LogP contribution in [0.2, 0.25) is 0 Å². The predicted molar refractivity (Wildman–Crippen MR) is 65.0 cm³/mol. The normalized spacial score (nSPS) is 15.4. The minimum atomic E-state index is 0.201. The highest BCUT2D eigenvalue weighted by Gasteiger charge is 2.15. The summed E-state index contributed by atoms with van der Waals surface area (Å²) in [4.78, 5) is 0. The molecule has 1 aromatic carbocycles. The molecular formula is C14H20O2. The van der Waals surface area contributed by atoms with Crippen LogP contribution in [-0.2, 0) is 19.3 Å². The van der Waals surface area contributed by atoms with Crippen LogP contribution in [0.15, 0.2) is 12.1 Å². The fraction of sp³-hybridized carbons (Fsp3) is 0.571. The van der Waals surface area contributed by atoms with E-state index in [2.05, 4.69) is 12.1 Å².